The van der Waals surface area contributed by atoms with Crippen molar-refractivity contribution in [1.29, 1.82) is 0 Å². The molecule has 6 heteroatoms. The summed E-state index contributed by atoms with van der Waals surface area (Å²) in [7, 11) is 2.09. The molecule has 2 saturated heterocycles. The highest BCUT2D eigenvalue weighted by Gasteiger charge is 2.33. The second kappa shape index (κ2) is 6.43. The van der Waals surface area contributed by atoms with Gasteiger partial charge in [-0.1, -0.05) is 6.92 Å². The monoisotopic (exact) mass is 283 g/mol. The summed E-state index contributed by atoms with van der Waals surface area (Å²) < 4.78 is 0. The van der Waals surface area contributed by atoms with Gasteiger partial charge in [0.1, 0.15) is 0 Å². The van der Waals surface area contributed by atoms with Gasteiger partial charge >= 0.3 is 12.0 Å². The van der Waals surface area contributed by atoms with Gasteiger partial charge in [-0.3, -0.25) is 9.69 Å². The standard InChI is InChI=1S/C14H25N3O3/c1-3-12-10-17(8-7-15(12)2)14(20)16-6-4-5-11(9-16)13(18)19/h11-12H,3-10H2,1-2H3,(H,18,19). The number of carbonyl (C=O) groups excluding carboxylic acids is 1. The van der Waals surface area contributed by atoms with E-state index >= 15 is 0 Å². The maximum Gasteiger partial charge on any atom is 0.320 e. The van der Waals surface area contributed by atoms with E-state index in [1.807, 2.05) is 4.90 Å². The van der Waals surface area contributed by atoms with Crippen molar-refractivity contribution < 1.29 is 14.7 Å². The summed E-state index contributed by atoms with van der Waals surface area (Å²) in [6, 6.07) is 0.426. The maximum absolute atomic E-state index is 12.5. The van der Waals surface area contributed by atoms with Gasteiger partial charge < -0.3 is 14.9 Å². The third-order valence-electron chi connectivity index (χ3n) is 4.56. The highest BCUT2D eigenvalue weighted by molar-refractivity contribution is 5.76. The van der Waals surface area contributed by atoms with E-state index in [0.717, 1.165) is 32.5 Å². The fraction of sp³-hybridized carbons (Fsp3) is 0.857. The first-order valence-corrected chi connectivity index (χ1v) is 7.49. The minimum atomic E-state index is -0.785. The Hall–Kier alpha value is -1.30. The van der Waals surface area contributed by atoms with Crippen molar-refractivity contribution in [1.82, 2.24) is 14.7 Å². The SMILES string of the molecule is CCC1CN(C(=O)N2CCCC(C(=O)O)C2)CCN1C. The number of rotatable bonds is 2. The van der Waals surface area contributed by atoms with E-state index in [-0.39, 0.29) is 6.03 Å². The molecule has 2 aliphatic heterocycles. The van der Waals surface area contributed by atoms with Crippen molar-refractivity contribution in [3.63, 3.8) is 0 Å². The Morgan fingerprint density at radius 3 is 2.50 bits per heavy atom. The van der Waals surface area contributed by atoms with E-state index in [2.05, 4.69) is 18.9 Å². The molecule has 0 spiro atoms. The second-order valence-corrected chi connectivity index (χ2v) is 5.89. The zero-order valence-corrected chi connectivity index (χ0v) is 12.4. The van der Waals surface area contributed by atoms with Crippen LogP contribution in [0.5, 0.6) is 0 Å². The molecule has 2 atom stereocenters. The lowest BCUT2D eigenvalue weighted by molar-refractivity contribution is -0.143. The van der Waals surface area contributed by atoms with E-state index in [1.165, 1.54) is 0 Å². The predicted octanol–water partition coefficient (Wildman–Crippen LogP) is 0.929. The minimum Gasteiger partial charge on any atom is -0.481 e. The van der Waals surface area contributed by atoms with Crippen LogP contribution in [0.3, 0.4) is 0 Å². The number of piperazine rings is 1. The number of hydrogen-bond donors (Lipinski definition) is 1. The van der Waals surface area contributed by atoms with Crippen LogP contribution in [0.15, 0.2) is 0 Å². The van der Waals surface area contributed by atoms with Crippen LogP contribution in [0.4, 0.5) is 4.79 Å². The lowest BCUT2D eigenvalue weighted by Crippen LogP contribution is -2.57. The maximum atomic E-state index is 12.5. The zero-order chi connectivity index (χ0) is 14.7. The van der Waals surface area contributed by atoms with Crippen LogP contribution >= 0.6 is 0 Å². The van der Waals surface area contributed by atoms with Crippen LogP contribution in [-0.2, 0) is 4.79 Å². The van der Waals surface area contributed by atoms with Gasteiger partial charge in [-0.25, -0.2) is 4.79 Å². The molecule has 0 radical (unpaired) electrons. The number of likely N-dealkylation sites (N-methyl/N-ethyl adjacent to an activating group) is 1. The van der Waals surface area contributed by atoms with Crippen LogP contribution in [0.1, 0.15) is 26.2 Å². The summed E-state index contributed by atoms with van der Waals surface area (Å²) in [4.78, 5) is 29.5. The van der Waals surface area contributed by atoms with Crippen LogP contribution in [0.25, 0.3) is 0 Å². The molecule has 2 heterocycles. The highest BCUT2D eigenvalue weighted by atomic mass is 16.4. The number of amides is 2. The molecule has 2 aliphatic rings. The number of hydrogen-bond acceptors (Lipinski definition) is 3. The molecule has 0 bridgehead atoms. The molecule has 0 saturated carbocycles. The molecule has 0 aromatic rings. The van der Waals surface area contributed by atoms with Crippen LogP contribution in [0.2, 0.25) is 0 Å². The third kappa shape index (κ3) is 3.23. The highest BCUT2D eigenvalue weighted by Crippen LogP contribution is 2.19. The van der Waals surface area contributed by atoms with Gasteiger partial charge in [0.2, 0.25) is 0 Å². The lowest BCUT2D eigenvalue weighted by Gasteiger charge is -2.42. The Bertz CT molecular complexity index is 375. The molecule has 2 unspecified atom stereocenters. The second-order valence-electron chi connectivity index (χ2n) is 5.89. The predicted molar refractivity (Wildman–Crippen MR) is 75.6 cm³/mol. The number of piperidine rings is 1. The number of carboxylic acids is 1. The van der Waals surface area contributed by atoms with Gasteiger partial charge in [-0.2, -0.15) is 0 Å². The summed E-state index contributed by atoms with van der Waals surface area (Å²) in [6.45, 7) is 5.56. The van der Waals surface area contributed by atoms with Crippen molar-refractivity contribution in [2.75, 3.05) is 39.8 Å². The van der Waals surface area contributed by atoms with Gasteiger partial charge in [0.05, 0.1) is 5.92 Å². The molecule has 2 rings (SSSR count). The Morgan fingerprint density at radius 1 is 1.15 bits per heavy atom. The van der Waals surface area contributed by atoms with Gasteiger partial charge in [-0.15, -0.1) is 0 Å². The first-order valence-electron chi connectivity index (χ1n) is 7.49. The first kappa shape index (κ1) is 15.1. The fourth-order valence-electron chi connectivity index (χ4n) is 3.11. The van der Waals surface area contributed by atoms with Crippen molar-refractivity contribution in [2.24, 2.45) is 5.92 Å². The molecule has 1 N–H and O–H groups in total. The Kier molecular flexibility index (Phi) is 4.86. The largest absolute Gasteiger partial charge is 0.481 e. The quantitative estimate of drug-likeness (QED) is 0.819. The Balaban J connectivity index is 1.95. The Labute approximate surface area is 120 Å². The minimum absolute atomic E-state index is 0.0162. The fourth-order valence-corrected chi connectivity index (χ4v) is 3.11. The molecule has 0 aromatic heterocycles. The molecule has 6 nitrogen and oxygen atoms in total. The van der Waals surface area contributed by atoms with E-state index < -0.39 is 11.9 Å². The summed E-state index contributed by atoms with van der Waals surface area (Å²) >= 11 is 0. The normalized spacial score (nSPS) is 28.5. The molecule has 20 heavy (non-hydrogen) atoms. The van der Waals surface area contributed by atoms with Crippen molar-refractivity contribution in [3.8, 4) is 0 Å². The van der Waals surface area contributed by atoms with Crippen molar-refractivity contribution in [2.45, 2.75) is 32.2 Å². The van der Waals surface area contributed by atoms with Gasteiger partial charge in [-0.05, 0) is 26.3 Å². The van der Waals surface area contributed by atoms with E-state index in [1.54, 1.807) is 4.90 Å². The number of urea groups is 1. The van der Waals surface area contributed by atoms with E-state index in [0.29, 0.717) is 25.6 Å². The topological polar surface area (TPSA) is 64.1 Å². The molecule has 114 valence electrons. The number of nitrogens with zero attached hydrogens (tertiary/aromatic N) is 3. The van der Waals surface area contributed by atoms with Crippen molar-refractivity contribution in [3.05, 3.63) is 0 Å². The number of aliphatic carboxylic acids is 1. The number of likely N-dealkylation sites (tertiary alicyclic amines) is 1. The molecule has 2 fully saturated rings. The molecule has 0 aromatic carbocycles. The van der Waals surface area contributed by atoms with Crippen LogP contribution < -0.4 is 0 Å². The van der Waals surface area contributed by atoms with Crippen LogP contribution in [0, 0.1) is 5.92 Å². The number of carbonyl (C=O) groups is 2. The summed E-state index contributed by atoms with van der Waals surface area (Å²) in [6.07, 6.45) is 2.49. The number of carboxylic acid groups (broad SMARTS) is 1. The molecule has 0 aliphatic carbocycles. The summed E-state index contributed by atoms with van der Waals surface area (Å²) in [5.41, 5.74) is 0. The molecular weight excluding hydrogens is 258 g/mol. The third-order valence-corrected chi connectivity index (χ3v) is 4.56. The molecule has 2 amide bonds. The zero-order valence-electron chi connectivity index (χ0n) is 12.4. The molecular formula is C14H25N3O3. The van der Waals surface area contributed by atoms with Gasteiger partial charge in [0, 0.05) is 38.8 Å². The average Bonchev–Trinajstić information content (AvgIpc) is 2.47. The van der Waals surface area contributed by atoms with E-state index in [9.17, 15) is 9.59 Å². The van der Waals surface area contributed by atoms with Crippen LogP contribution in [-0.4, -0.2) is 77.6 Å². The van der Waals surface area contributed by atoms with Gasteiger partial charge in [0.15, 0.2) is 0 Å². The van der Waals surface area contributed by atoms with Crippen molar-refractivity contribution >= 4 is 12.0 Å². The van der Waals surface area contributed by atoms with Gasteiger partial charge in [0.25, 0.3) is 0 Å². The first-order chi connectivity index (χ1) is 9.52. The summed E-state index contributed by atoms with van der Waals surface area (Å²) in [5, 5.41) is 9.10. The van der Waals surface area contributed by atoms with E-state index in [4.69, 9.17) is 5.11 Å². The summed E-state index contributed by atoms with van der Waals surface area (Å²) in [5.74, 6) is -1.19. The average molecular weight is 283 g/mol. The lowest BCUT2D eigenvalue weighted by atomic mass is 9.98. The Morgan fingerprint density at radius 2 is 1.85 bits per heavy atom. The smallest absolute Gasteiger partial charge is 0.320 e.